The topological polar surface area (TPSA) is 88.4 Å². The first kappa shape index (κ1) is 21.5. The summed E-state index contributed by atoms with van der Waals surface area (Å²) in [5.41, 5.74) is 1.30. The maximum atomic E-state index is 13.1. The first-order valence-corrected chi connectivity index (χ1v) is 9.45. The molecule has 0 fully saturated rings. The molecule has 0 aromatic heterocycles. The molecule has 1 N–H and O–H groups in total. The second kappa shape index (κ2) is 10.0. The van der Waals surface area contributed by atoms with Crippen LogP contribution in [0.4, 0.5) is 10.1 Å². The zero-order valence-electron chi connectivity index (χ0n) is 16.6. The monoisotopic (exact) mass is 418 g/mol. The molecule has 0 bridgehead atoms. The summed E-state index contributed by atoms with van der Waals surface area (Å²) in [6.45, 7) is 1.50. The van der Waals surface area contributed by atoms with Crippen molar-refractivity contribution in [1.82, 2.24) is 0 Å². The van der Waals surface area contributed by atoms with E-state index in [2.05, 4.69) is 5.32 Å². The molecule has 0 aliphatic carbocycles. The smallest absolute Gasteiger partial charge is 0.348 e. The largest absolute Gasteiger partial charge is 0.479 e. The van der Waals surface area contributed by atoms with Crippen molar-refractivity contribution in [2.75, 3.05) is 5.32 Å². The number of amides is 1. The van der Waals surface area contributed by atoms with Crippen molar-refractivity contribution in [3.63, 3.8) is 0 Å². The molecule has 0 aliphatic heterocycles. The number of carbonyl (C=O) groups excluding carboxylic acids is 2. The highest BCUT2D eigenvalue weighted by molar-refractivity contribution is 5.96. The van der Waals surface area contributed by atoms with Crippen LogP contribution in [0.5, 0.6) is 5.75 Å². The summed E-state index contributed by atoms with van der Waals surface area (Å²) in [6, 6.07) is 22.1. The van der Waals surface area contributed by atoms with Gasteiger partial charge in [-0.15, -0.1) is 0 Å². The zero-order chi connectivity index (χ0) is 22.2. The SMILES string of the molecule is C[C@H](Oc1ccc(C#N)cc1)C(=O)O[C@@H](C(=O)Nc1ccc(F)cc1)c1ccccc1. The van der Waals surface area contributed by atoms with Crippen molar-refractivity contribution < 1.29 is 23.5 Å². The van der Waals surface area contributed by atoms with Gasteiger partial charge in [-0.05, 0) is 55.5 Å². The molecular formula is C24H19FN2O4. The fourth-order valence-electron chi connectivity index (χ4n) is 2.71. The molecule has 0 heterocycles. The van der Waals surface area contributed by atoms with Gasteiger partial charge in [0.2, 0.25) is 6.10 Å². The van der Waals surface area contributed by atoms with Crippen molar-refractivity contribution in [2.24, 2.45) is 0 Å². The number of anilines is 1. The van der Waals surface area contributed by atoms with E-state index in [1.165, 1.54) is 31.2 Å². The standard InChI is InChI=1S/C24H19FN2O4/c1-16(30-21-13-7-17(15-26)8-14-21)24(29)31-22(18-5-3-2-4-6-18)23(28)27-20-11-9-19(25)10-12-20/h2-14,16,22H,1H3,(H,27,28)/t16-,22+/m0/s1. The number of nitrogens with zero attached hydrogens (tertiary/aromatic N) is 1. The number of carbonyl (C=O) groups is 2. The Hall–Kier alpha value is -4.18. The van der Waals surface area contributed by atoms with E-state index in [0.29, 0.717) is 22.6 Å². The van der Waals surface area contributed by atoms with Gasteiger partial charge >= 0.3 is 5.97 Å². The lowest BCUT2D eigenvalue weighted by Gasteiger charge is -2.21. The van der Waals surface area contributed by atoms with Crippen molar-refractivity contribution in [2.45, 2.75) is 19.1 Å². The Labute approximate surface area is 178 Å². The summed E-state index contributed by atoms with van der Waals surface area (Å²) < 4.78 is 24.2. The van der Waals surface area contributed by atoms with Crippen LogP contribution in [0.3, 0.4) is 0 Å². The minimum absolute atomic E-state index is 0.366. The lowest BCUT2D eigenvalue weighted by Crippen LogP contribution is -2.32. The third kappa shape index (κ3) is 5.90. The Kier molecular flexibility index (Phi) is 6.97. The number of nitriles is 1. The van der Waals surface area contributed by atoms with E-state index >= 15 is 0 Å². The summed E-state index contributed by atoms with van der Waals surface area (Å²) >= 11 is 0. The number of hydrogen-bond acceptors (Lipinski definition) is 5. The molecule has 0 spiro atoms. The number of ether oxygens (including phenoxy) is 2. The lowest BCUT2D eigenvalue weighted by molar-refractivity contribution is -0.161. The van der Waals surface area contributed by atoms with Gasteiger partial charge in [0.1, 0.15) is 11.6 Å². The second-order valence-electron chi connectivity index (χ2n) is 6.62. The van der Waals surface area contributed by atoms with E-state index in [1.807, 2.05) is 6.07 Å². The summed E-state index contributed by atoms with van der Waals surface area (Å²) in [4.78, 5) is 25.5. The number of esters is 1. The second-order valence-corrected chi connectivity index (χ2v) is 6.62. The first-order chi connectivity index (χ1) is 15.0. The van der Waals surface area contributed by atoms with E-state index in [0.717, 1.165) is 0 Å². The maximum absolute atomic E-state index is 13.1. The highest BCUT2D eigenvalue weighted by Gasteiger charge is 2.28. The van der Waals surface area contributed by atoms with Gasteiger partial charge < -0.3 is 14.8 Å². The molecule has 6 nitrogen and oxygen atoms in total. The van der Waals surface area contributed by atoms with Gasteiger partial charge in [0.25, 0.3) is 5.91 Å². The van der Waals surface area contributed by atoms with Gasteiger partial charge in [0.05, 0.1) is 11.6 Å². The highest BCUT2D eigenvalue weighted by Crippen LogP contribution is 2.22. The van der Waals surface area contributed by atoms with Crippen LogP contribution in [-0.4, -0.2) is 18.0 Å². The molecule has 0 unspecified atom stereocenters. The molecular weight excluding hydrogens is 399 g/mol. The summed E-state index contributed by atoms with van der Waals surface area (Å²) in [5, 5.41) is 11.5. The van der Waals surface area contributed by atoms with Gasteiger partial charge in [0.15, 0.2) is 6.10 Å². The molecule has 3 rings (SSSR count). The molecule has 31 heavy (non-hydrogen) atoms. The van der Waals surface area contributed by atoms with E-state index in [-0.39, 0.29) is 0 Å². The van der Waals surface area contributed by atoms with Crippen molar-refractivity contribution in [3.8, 4) is 11.8 Å². The molecule has 7 heteroatoms. The van der Waals surface area contributed by atoms with Crippen LogP contribution in [0.2, 0.25) is 0 Å². The number of hydrogen-bond donors (Lipinski definition) is 1. The van der Waals surface area contributed by atoms with Crippen LogP contribution in [0, 0.1) is 17.1 Å². The lowest BCUT2D eigenvalue weighted by atomic mass is 10.1. The van der Waals surface area contributed by atoms with Gasteiger partial charge in [-0.3, -0.25) is 4.79 Å². The first-order valence-electron chi connectivity index (χ1n) is 9.45. The Morgan fingerprint density at radius 1 is 0.968 bits per heavy atom. The Bertz CT molecular complexity index is 1080. The average Bonchev–Trinajstić information content (AvgIpc) is 2.79. The summed E-state index contributed by atoms with van der Waals surface area (Å²) in [5.74, 6) is -1.38. The van der Waals surface area contributed by atoms with Crippen molar-refractivity contribution in [1.29, 1.82) is 5.26 Å². The molecule has 0 radical (unpaired) electrons. The van der Waals surface area contributed by atoms with Crippen LogP contribution < -0.4 is 10.1 Å². The molecule has 3 aromatic rings. The third-order valence-electron chi connectivity index (χ3n) is 4.31. The fraction of sp³-hybridized carbons (Fsp3) is 0.125. The van der Waals surface area contributed by atoms with E-state index in [4.69, 9.17) is 14.7 Å². The van der Waals surface area contributed by atoms with E-state index < -0.39 is 29.9 Å². The van der Waals surface area contributed by atoms with Crippen LogP contribution in [0.25, 0.3) is 0 Å². The fourth-order valence-corrected chi connectivity index (χ4v) is 2.71. The highest BCUT2D eigenvalue weighted by atomic mass is 19.1. The predicted octanol–water partition coefficient (Wildman–Crippen LogP) is 4.39. The number of benzene rings is 3. The van der Waals surface area contributed by atoms with Crippen LogP contribution in [0.15, 0.2) is 78.9 Å². The Morgan fingerprint density at radius 2 is 1.61 bits per heavy atom. The van der Waals surface area contributed by atoms with Crippen molar-refractivity contribution >= 4 is 17.6 Å². The molecule has 1 amide bonds. The zero-order valence-corrected chi connectivity index (χ0v) is 16.6. The van der Waals surface area contributed by atoms with Crippen LogP contribution in [-0.2, 0) is 14.3 Å². The Balaban J connectivity index is 1.72. The van der Waals surface area contributed by atoms with Gasteiger partial charge in [-0.1, -0.05) is 30.3 Å². The van der Waals surface area contributed by atoms with E-state index in [1.54, 1.807) is 54.6 Å². The quantitative estimate of drug-likeness (QED) is 0.575. The van der Waals surface area contributed by atoms with Gasteiger partial charge in [0, 0.05) is 11.3 Å². The van der Waals surface area contributed by atoms with E-state index in [9.17, 15) is 14.0 Å². The molecule has 0 saturated carbocycles. The predicted molar refractivity (Wildman–Crippen MR) is 112 cm³/mol. The van der Waals surface area contributed by atoms with Crippen LogP contribution >= 0.6 is 0 Å². The number of halogens is 1. The summed E-state index contributed by atoms with van der Waals surface area (Å²) in [7, 11) is 0. The Morgan fingerprint density at radius 3 is 2.23 bits per heavy atom. The van der Waals surface area contributed by atoms with Gasteiger partial charge in [-0.2, -0.15) is 5.26 Å². The average molecular weight is 418 g/mol. The molecule has 3 aromatic carbocycles. The molecule has 0 aliphatic rings. The number of nitrogens with one attached hydrogen (secondary N) is 1. The molecule has 156 valence electrons. The van der Waals surface area contributed by atoms with Gasteiger partial charge in [-0.25, -0.2) is 9.18 Å². The molecule has 0 saturated heterocycles. The number of rotatable bonds is 7. The minimum atomic E-state index is -1.23. The van der Waals surface area contributed by atoms with Crippen LogP contribution in [0.1, 0.15) is 24.2 Å². The summed E-state index contributed by atoms with van der Waals surface area (Å²) in [6.07, 6.45) is -2.23. The third-order valence-corrected chi connectivity index (χ3v) is 4.31. The maximum Gasteiger partial charge on any atom is 0.348 e. The normalized spacial score (nSPS) is 12.2. The van der Waals surface area contributed by atoms with Crippen molar-refractivity contribution in [3.05, 3.63) is 95.8 Å². The molecule has 2 atom stereocenters. The minimum Gasteiger partial charge on any atom is -0.479 e.